The van der Waals surface area contributed by atoms with E-state index >= 15 is 0 Å². The fourth-order valence-electron chi connectivity index (χ4n) is 1.48. The van der Waals surface area contributed by atoms with Gasteiger partial charge in [0.1, 0.15) is 5.82 Å². The first-order valence-corrected chi connectivity index (χ1v) is 5.84. The van der Waals surface area contributed by atoms with E-state index in [1.54, 1.807) is 0 Å². The molecule has 15 heavy (non-hydrogen) atoms. The summed E-state index contributed by atoms with van der Waals surface area (Å²) in [6.45, 7) is 6.14. The summed E-state index contributed by atoms with van der Waals surface area (Å²) in [6.07, 6.45) is 2.02. The Balaban J connectivity index is 2.32. The number of aromatic nitrogens is 4. The minimum absolute atomic E-state index is 0.865. The Morgan fingerprint density at radius 1 is 1.40 bits per heavy atom. The molecule has 0 aliphatic carbocycles. The zero-order valence-electron chi connectivity index (χ0n) is 9.19. The molecule has 80 valence electrons. The molecule has 0 fully saturated rings. The average Bonchev–Trinajstić information content (AvgIpc) is 2.73. The Morgan fingerprint density at radius 3 is 2.80 bits per heavy atom. The Morgan fingerprint density at radius 2 is 2.20 bits per heavy atom. The number of hydrogen-bond acceptors (Lipinski definition) is 4. The van der Waals surface area contributed by atoms with Crippen molar-refractivity contribution >= 4 is 11.5 Å². The molecule has 0 aliphatic heterocycles. The van der Waals surface area contributed by atoms with E-state index in [0.29, 0.717) is 0 Å². The molecule has 5 heteroatoms. The van der Waals surface area contributed by atoms with Crippen molar-refractivity contribution in [1.82, 2.24) is 19.1 Å². The highest BCUT2D eigenvalue weighted by molar-refractivity contribution is 7.08. The highest BCUT2D eigenvalue weighted by Gasteiger charge is 2.09. The Kier molecular flexibility index (Phi) is 2.81. The van der Waals surface area contributed by atoms with Gasteiger partial charge in [0.25, 0.3) is 0 Å². The molecule has 0 spiro atoms. The van der Waals surface area contributed by atoms with Crippen LogP contribution in [0.25, 0.3) is 5.13 Å². The minimum Gasteiger partial charge on any atom is -0.209 e. The first-order chi connectivity index (χ1) is 7.20. The van der Waals surface area contributed by atoms with Crippen molar-refractivity contribution in [2.24, 2.45) is 0 Å². The number of aryl methyl sites for hydroxylation is 3. The Hall–Kier alpha value is -1.23. The molecule has 0 amide bonds. The van der Waals surface area contributed by atoms with Crippen LogP contribution in [0, 0.1) is 13.8 Å². The molecule has 0 unspecified atom stereocenters. The SMILES string of the molecule is CCCc1nsc(-n2nc(C)cc2C)n1. The largest absolute Gasteiger partial charge is 0.230 e. The fraction of sp³-hybridized carbons (Fsp3) is 0.500. The summed E-state index contributed by atoms with van der Waals surface area (Å²) in [4.78, 5) is 4.45. The van der Waals surface area contributed by atoms with Gasteiger partial charge in [-0.05, 0) is 26.3 Å². The van der Waals surface area contributed by atoms with Crippen LogP contribution in [0.5, 0.6) is 0 Å². The summed E-state index contributed by atoms with van der Waals surface area (Å²) in [6, 6.07) is 2.04. The lowest BCUT2D eigenvalue weighted by Gasteiger charge is -1.95. The first kappa shape index (κ1) is 10.3. The Bertz CT molecular complexity index is 458. The van der Waals surface area contributed by atoms with E-state index < -0.39 is 0 Å². The summed E-state index contributed by atoms with van der Waals surface area (Å²) in [5, 5.41) is 5.24. The zero-order valence-corrected chi connectivity index (χ0v) is 10.0. The van der Waals surface area contributed by atoms with Crippen molar-refractivity contribution in [2.75, 3.05) is 0 Å². The topological polar surface area (TPSA) is 43.6 Å². The van der Waals surface area contributed by atoms with Gasteiger partial charge in [-0.15, -0.1) is 0 Å². The molecule has 0 aliphatic rings. The van der Waals surface area contributed by atoms with Gasteiger partial charge in [-0.1, -0.05) is 6.92 Å². The van der Waals surface area contributed by atoms with E-state index in [2.05, 4.69) is 21.4 Å². The highest BCUT2D eigenvalue weighted by atomic mass is 32.1. The minimum atomic E-state index is 0.865. The molecule has 2 aromatic rings. The molecule has 0 saturated heterocycles. The van der Waals surface area contributed by atoms with Crippen molar-refractivity contribution in [3.05, 3.63) is 23.3 Å². The van der Waals surface area contributed by atoms with Crippen molar-refractivity contribution in [2.45, 2.75) is 33.6 Å². The van der Waals surface area contributed by atoms with E-state index in [1.165, 1.54) is 11.5 Å². The van der Waals surface area contributed by atoms with E-state index in [9.17, 15) is 0 Å². The van der Waals surface area contributed by atoms with Crippen LogP contribution in [0.4, 0.5) is 0 Å². The zero-order chi connectivity index (χ0) is 10.8. The number of hydrogen-bond donors (Lipinski definition) is 0. The monoisotopic (exact) mass is 222 g/mol. The molecule has 0 radical (unpaired) electrons. The van der Waals surface area contributed by atoms with Gasteiger partial charge in [-0.3, -0.25) is 0 Å². The van der Waals surface area contributed by atoms with Gasteiger partial charge in [0, 0.05) is 23.6 Å². The molecule has 0 atom stereocenters. The molecule has 0 saturated carbocycles. The fourth-order valence-corrected chi connectivity index (χ4v) is 2.21. The lowest BCUT2D eigenvalue weighted by molar-refractivity contribution is 0.802. The second kappa shape index (κ2) is 4.10. The maximum Gasteiger partial charge on any atom is 0.230 e. The maximum atomic E-state index is 4.45. The summed E-state index contributed by atoms with van der Waals surface area (Å²) >= 11 is 1.41. The van der Waals surface area contributed by atoms with Crippen LogP contribution in [0.15, 0.2) is 6.07 Å². The van der Waals surface area contributed by atoms with Crippen LogP contribution in [-0.2, 0) is 6.42 Å². The van der Waals surface area contributed by atoms with E-state index in [1.807, 2.05) is 24.6 Å². The summed E-state index contributed by atoms with van der Waals surface area (Å²) < 4.78 is 6.16. The Labute approximate surface area is 93.1 Å². The second-order valence-electron chi connectivity index (χ2n) is 3.58. The van der Waals surface area contributed by atoms with Gasteiger partial charge in [0.15, 0.2) is 0 Å². The second-order valence-corrected chi connectivity index (χ2v) is 4.31. The van der Waals surface area contributed by atoms with Crippen LogP contribution in [0.1, 0.15) is 30.6 Å². The lowest BCUT2D eigenvalue weighted by Crippen LogP contribution is -1.98. The van der Waals surface area contributed by atoms with Gasteiger partial charge in [0.05, 0.1) is 5.69 Å². The maximum absolute atomic E-state index is 4.45. The summed E-state index contributed by atoms with van der Waals surface area (Å²) in [5.41, 5.74) is 2.12. The molecule has 2 aromatic heterocycles. The van der Waals surface area contributed by atoms with Crippen LogP contribution in [0.2, 0.25) is 0 Å². The van der Waals surface area contributed by atoms with Gasteiger partial charge in [-0.25, -0.2) is 9.67 Å². The molecule has 2 rings (SSSR count). The highest BCUT2D eigenvalue weighted by Crippen LogP contribution is 2.14. The van der Waals surface area contributed by atoms with Gasteiger partial charge in [0.2, 0.25) is 5.13 Å². The first-order valence-electron chi connectivity index (χ1n) is 5.07. The van der Waals surface area contributed by atoms with Crippen molar-refractivity contribution < 1.29 is 0 Å². The third kappa shape index (κ3) is 2.07. The number of nitrogens with zero attached hydrogens (tertiary/aromatic N) is 4. The molecule has 0 bridgehead atoms. The molecule has 2 heterocycles. The molecule has 0 N–H and O–H groups in total. The molecule has 0 aromatic carbocycles. The van der Waals surface area contributed by atoms with E-state index in [-0.39, 0.29) is 0 Å². The third-order valence-electron chi connectivity index (χ3n) is 2.12. The van der Waals surface area contributed by atoms with Gasteiger partial charge >= 0.3 is 0 Å². The van der Waals surface area contributed by atoms with Crippen LogP contribution in [0.3, 0.4) is 0 Å². The molecular formula is C10H14N4S. The molecule has 4 nitrogen and oxygen atoms in total. The van der Waals surface area contributed by atoms with E-state index in [0.717, 1.165) is 35.2 Å². The quantitative estimate of drug-likeness (QED) is 0.800. The van der Waals surface area contributed by atoms with Crippen LogP contribution >= 0.6 is 11.5 Å². The van der Waals surface area contributed by atoms with Crippen LogP contribution < -0.4 is 0 Å². The van der Waals surface area contributed by atoms with Crippen molar-refractivity contribution in [3.63, 3.8) is 0 Å². The molecular weight excluding hydrogens is 208 g/mol. The van der Waals surface area contributed by atoms with Gasteiger partial charge in [-0.2, -0.15) is 9.47 Å². The van der Waals surface area contributed by atoms with Crippen molar-refractivity contribution in [3.8, 4) is 5.13 Å². The summed E-state index contributed by atoms with van der Waals surface area (Å²) in [7, 11) is 0. The lowest BCUT2D eigenvalue weighted by atomic mass is 10.3. The average molecular weight is 222 g/mol. The predicted molar refractivity (Wildman–Crippen MR) is 60.5 cm³/mol. The smallest absolute Gasteiger partial charge is 0.209 e. The third-order valence-corrected chi connectivity index (χ3v) is 2.85. The van der Waals surface area contributed by atoms with E-state index in [4.69, 9.17) is 0 Å². The summed E-state index contributed by atoms with van der Waals surface area (Å²) in [5.74, 6) is 0.921. The van der Waals surface area contributed by atoms with Crippen LogP contribution in [-0.4, -0.2) is 19.1 Å². The predicted octanol–water partition coefficient (Wildman–Crippen LogP) is 2.29. The van der Waals surface area contributed by atoms with Gasteiger partial charge < -0.3 is 0 Å². The standard InChI is InChI=1S/C10H14N4S/c1-4-5-9-11-10(15-13-9)14-8(3)6-7(2)12-14/h6H,4-5H2,1-3H3. The van der Waals surface area contributed by atoms with Crippen molar-refractivity contribution in [1.29, 1.82) is 0 Å². The normalized spacial score (nSPS) is 10.9. The number of rotatable bonds is 3.